The van der Waals surface area contributed by atoms with Gasteiger partial charge in [0.1, 0.15) is 5.52 Å². The summed E-state index contributed by atoms with van der Waals surface area (Å²) in [4.78, 5) is 24.2. The summed E-state index contributed by atoms with van der Waals surface area (Å²) in [6.07, 6.45) is 0.138. The molecule has 1 aromatic heterocycles. The fourth-order valence-electron chi connectivity index (χ4n) is 2.17. The zero-order valence-corrected chi connectivity index (χ0v) is 13.7. The van der Waals surface area contributed by atoms with Gasteiger partial charge in [0.05, 0.1) is 11.9 Å². The van der Waals surface area contributed by atoms with E-state index in [2.05, 4.69) is 31.6 Å². The van der Waals surface area contributed by atoms with Crippen LogP contribution in [0.3, 0.4) is 0 Å². The molecule has 0 unspecified atom stereocenters. The number of hydrogen-bond donors (Lipinski definition) is 1. The Labute approximate surface area is 140 Å². The molecule has 0 saturated heterocycles. The summed E-state index contributed by atoms with van der Waals surface area (Å²) < 4.78 is 2.09. The Morgan fingerprint density at radius 2 is 2.00 bits per heavy atom. The first kappa shape index (κ1) is 15.4. The molecule has 1 amide bonds. The van der Waals surface area contributed by atoms with Gasteiger partial charge in [-0.05, 0) is 30.3 Å². The molecule has 1 N–H and O–H groups in total. The zero-order valence-electron chi connectivity index (χ0n) is 12.1. The third-order valence-corrected chi connectivity index (χ3v) is 3.78. The van der Waals surface area contributed by atoms with Gasteiger partial charge in [0.2, 0.25) is 5.91 Å². The number of aromatic nitrogens is 3. The average Bonchev–Trinajstić information content (AvgIpc) is 2.54. The molecule has 0 fully saturated rings. The maximum absolute atomic E-state index is 12.3. The molecule has 0 aliphatic carbocycles. The lowest BCUT2D eigenvalue weighted by atomic mass is 10.2. The van der Waals surface area contributed by atoms with E-state index < -0.39 is 0 Å². The first-order valence-electron chi connectivity index (χ1n) is 7.01. The lowest BCUT2D eigenvalue weighted by molar-refractivity contribution is -0.116. The molecule has 0 radical (unpaired) electrons. The Morgan fingerprint density at radius 1 is 1.17 bits per heavy atom. The van der Waals surface area contributed by atoms with Crippen LogP contribution in [0.4, 0.5) is 5.69 Å². The fourth-order valence-corrected chi connectivity index (χ4v) is 2.57. The van der Waals surface area contributed by atoms with E-state index in [0.717, 1.165) is 4.47 Å². The smallest absolute Gasteiger partial charge is 0.277 e. The molecule has 6 nitrogen and oxygen atoms in total. The van der Waals surface area contributed by atoms with E-state index in [4.69, 9.17) is 0 Å². The van der Waals surface area contributed by atoms with E-state index in [0.29, 0.717) is 16.6 Å². The molecule has 23 heavy (non-hydrogen) atoms. The van der Waals surface area contributed by atoms with Gasteiger partial charge < -0.3 is 5.32 Å². The first-order valence-corrected chi connectivity index (χ1v) is 7.81. The quantitative estimate of drug-likeness (QED) is 0.763. The number of rotatable bonds is 4. The maximum Gasteiger partial charge on any atom is 0.277 e. The van der Waals surface area contributed by atoms with E-state index in [-0.39, 0.29) is 24.4 Å². The van der Waals surface area contributed by atoms with E-state index in [1.54, 1.807) is 36.4 Å². The summed E-state index contributed by atoms with van der Waals surface area (Å²) >= 11 is 3.35. The number of aryl methyl sites for hydroxylation is 1. The minimum absolute atomic E-state index is 0.138. The lowest BCUT2D eigenvalue weighted by Crippen LogP contribution is -2.26. The number of nitrogens with zero attached hydrogens (tertiary/aromatic N) is 3. The first-order chi connectivity index (χ1) is 11.1. The predicted octanol–water partition coefficient (Wildman–Crippen LogP) is 2.58. The zero-order chi connectivity index (χ0) is 16.2. The van der Waals surface area contributed by atoms with E-state index in [1.807, 2.05) is 12.1 Å². The van der Waals surface area contributed by atoms with E-state index >= 15 is 0 Å². The third kappa shape index (κ3) is 3.62. The minimum Gasteiger partial charge on any atom is -0.326 e. The summed E-state index contributed by atoms with van der Waals surface area (Å²) in [5.41, 5.74) is 1.000. The van der Waals surface area contributed by atoms with E-state index in [1.165, 1.54) is 4.68 Å². The van der Waals surface area contributed by atoms with Crippen LogP contribution in [-0.2, 0) is 11.3 Å². The molecule has 7 heteroatoms. The van der Waals surface area contributed by atoms with Crippen LogP contribution in [0.15, 0.2) is 57.8 Å². The number of amides is 1. The fraction of sp³-hybridized carbons (Fsp3) is 0.125. The molecule has 116 valence electrons. The van der Waals surface area contributed by atoms with Gasteiger partial charge in [0.15, 0.2) is 0 Å². The predicted molar refractivity (Wildman–Crippen MR) is 91.2 cm³/mol. The van der Waals surface area contributed by atoms with Crippen LogP contribution in [0.5, 0.6) is 0 Å². The maximum atomic E-state index is 12.3. The van der Waals surface area contributed by atoms with Gasteiger partial charge in [-0.3, -0.25) is 9.59 Å². The number of benzene rings is 2. The Morgan fingerprint density at radius 3 is 2.83 bits per heavy atom. The van der Waals surface area contributed by atoms with Crippen molar-refractivity contribution in [2.75, 3.05) is 5.32 Å². The van der Waals surface area contributed by atoms with Crippen molar-refractivity contribution in [3.8, 4) is 0 Å². The van der Waals surface area contributed by atoms with Gasteiger partial charge in [0.25, 0.3) is 5.56 Å². The Bertz CT molecular complexity index is 923. The summed E-state index contributed by atoms with van der Waals surface area (Å²) in [5.74, 6) is -0.190. The number of nitrogens with one attached hydrogen (secondary N) is 1. The van der Waals surface area contributed by atoms with Crippen LogP contribution >= 0.6 is 15.9 Å². The largest absolute Gasteiger partial charge is 0.326 e. The van der Waals surface area contributed by atoms with Crippen molar-refractivity contribution in [2.45, 2.75) is 13.0 Å². The van der Waals surface area contributed by atoms with Crippen LogP contribution < -0.4 is 10.9 Å². The average molecular weight is 373 g/mol. The third-order valence-electron chi connectivity index (χ3n) is 3.29. The summed E-state index contributed by atoms with van der Waals surface area (Å²) in [6.45, 7) is 0.177. The SMILES string of the molecule is O=C(CCn1nnc2ccccc2c1=O)Nc1cccc(Br)c1. The summed E-state index contributed by atoms with van der Waals surface area (Å²) in [7, 11) is 0. The number of fused-ring (bicyclic) bond motifs is 1. The van der Waals surface area contributed by atoms with Crippen molar-refractivity contribution in [3.63, 3.8) is 0 Å². The van der Waals surface area contributed by atoms with Crippen molar-refractivity contribution in [1.82, 2.24) is 15.0 Å². The van der Waals surface area contributed by atoms with Crippen molar-refractivity contribution >= 4 is 38.4 Å². The molecule has 0 aliphatic heterocycles. The standard InChI is InChI=1S/C16H13BrN4O2/c17-11-4-3-5-12(10-11)18-15(22)8-9-21-16(23)13-6-1-2-7-14(13)19-20-21/h1-7,10H,8-9H2,(H,18,22). The summed E-state index contributed by atoms with van der Waals surface area (Å²) in [6, 6.07) is 14.3. The molecular formula is C16H13BrN4O2. The molecule has 0 bridgehead atoms. The highest BCUT2D eigenvalue weighted by Crippen LogP contribution is 2.15. The van der Waals surface area contributed by atoms with Crippen LogP contribution in [0.2, 0.25) is 0 Å². The van der Waals surface area contributed by atoms with Crippen molar-refractivity contribution in [1.29, 1.82) is 0 Å². The molecule has 0 aliphatic rings. The number of halogens is 1. The number of carbonyl (C=O) groups excluding carboxylic acids is 1. The second-order valence-electron chi connectivity index (χ2n) is 4.94. The van der Waals surface area contributed by atoms with Crippen molar-refractivity contribution in [3.05, 3.63) is 63.4 Å². The van der Waals surface area contributed by atoms with Gasteiger partial charge >= 0.3 is 0 Å². The molecule has 2 aromatic carbocycles. The highest BCUT2D eigenvalue weighted by molar-refractivity contribution is 9.10. The van der Waals surface area contributed by atoms with Gasteiger partial charge in [-0.1, -0.05) is 39.3 Å². The second kappa shape index (κ2) is 6.70. The Kier molecular flexibility index (Phi) is 4.47. The van der Waals surface area contributed by atoms with Gasteiger partial charge in [-0.15, -0.1) is 5.10 Å². The number of hydrogen-bond acceptors (Lipinski definition) is 4. The normalized spacial score (nSPS) is 10.7. The van der Waals surface area contributed by atoms with Crippen LogP contribution in [0.25, 0.3) is 10.9 Å². The molecule has 1 heterocycles. The van der Waals surface area contributed by atoms with Crippen molar-refractivity contribution in [2.24, 2.45) is 0 Å². The monoisotopic (exact) mass is 372 g/mol. The number of carbonyl (C=O) groups is 1. The highest BCUT2D eigenvalue weighted by Gasteiger charge is 2.08. The summed E-state index contributed by atoms with van der Waals surface area (Å²) in [5, 5.41) is 11.1. The molecule has 3 rings (SSSR count). The Hall–Kier alpha value is -2.54. The lowest BCUT2D eigenvalue weighted by Gasteiger charge is -2.07. The molecule has 3 aromatic rings. The van der Waals surface area contributed by atoms with Crippen LogP contribution in [-0.4, -0.2) is 20.9 Å². The minimum atomic E-state index is -0.245. The van der Waals surface area contributed by atoms with Crippen LogP contribution in [0, 0.1) is 0 Å². The molecule has 0 spiro atoms. The molecule has 0 saturated carbocycles. The molecular weight excluding hydrogens is 360 g/mol. The van der Waals surface area contributed by atoms with E-state index in [9.17, 15) is 9.59 Å². The topological polar surface area (TPSA) is 76.9 Å². The van der Waals surface area contributed by atoms with Crippen molar-refractivity contribution < 1.29 is 4.79 Å². The van der Waals surface area contributed by atoms with Crippen LogP contribution in [0.1, 0.15) is 6.42 Å². The second-order valence-corrected chi connectivity index (χ2v) is 5.86. The highest BCUT2D eigenvalue weighted by atomic mass is 79.9. The Balaban J connectivity index is 1.70. The molecule has 0 atom stereocenters. The van der Waals surface area contributed by atoms with Gasteiger partial charge in [-0.2, -0.15) is 0 Å². The van der Waals surface area contributed by atoms with Gasteiger partial charge in [0, 0.05) is 16.6 Å². The van der Waals surface area contributed by atoms with Gasteiger partial charge in [-0.25, -0.2) is 4.68 Å². The number of anilines is 1.